The fourth-order valence-electron chi connectivity index (χ4n) is 4.59. The van der Waals surface area contributed by atoms with Crippen LogP contribution in [-0.4, -0.2) is 19.2 Å². The van der Waals surface area contributed by atoms with Crippen LogP contribution in [0.5, 0.6) is 0 Å². The van der Waals surface area contributed by atoms with Crippen LogP contribution in [0.15, 0.2) is 42.5 Å². The van der Waals surface area contributed by atoms with Crippen LogP contribution in [0.1, 0.15) is 52.7 Å². The van der Waals surface area contributed by atoms with Crippen LogP contribution < -0.4 is 5.32 Å². The van der Waals surface area contributed by atoms with Gasteiger partial charge in [-0.1, -0.05) is 12.1 Å². The highest BCUT2D eigenvalue weighted by Gasteiger charge is 2.41. The number of carbonyl (C=O) groups excluding carboxylic acids is 1. The minimum Gasteiger partial charge on any atom is -0.462 e. The van der Waals surface area contributed by atoms with Gasteiger partial charge >= 0.3 is 5.97 Å². The van der Waals surface area contributed by atoms with E-state index in [0.717, 1.165) is 46.3 Å². The van der Waals surface area contributed by atoms with Gasteiger partial charge in [0, 0.05) is 33.9 Å². The molecule has 4 nitrogen and oxygen atoms in total. The molecule has 0 radical (unpaired) electrons. The molecule has 1 fully saturated rings. The minimum absolute atomic E-state index is 0.0524. The summed E-state index contributed by atoms with van der Waals surface area (Å²) in [5.41, 5.74) is 3.20. The second-order valence-corrected chi connectivity index (χ2v) is 8.62. The van der Waals surface area contributed by atoms with E-state index in [9.17, 15) is 9.18 Å². The highest BCUT2D eigenvalue weighted by atomic mass is 32.1. The Balaban J connectivity index is 1.61. The van der Waals surface area contributed by atoms with E-state index in [2.05, 4.69) is 11.4 Å². The zero-order valence-corrected chi connectivity index (χ0v) is 16.9. The number of hydrogen-bond donors (Lipinski definition) is 1. The van der Waals surface area contributed by atoms with E-state index >= 15 is 0 Å². The normalized spacial score (nSPS) is 23.2. The SMILES string of the molecule is CCOC(=O)c1cc2c3c(ccc2s1)NC(c1ccc(F)cc1)C1CCCOC31. The van der Waals surface area contributed by atoms with E-state index in [1.165, 1.54) is 23.5 Å². The van der Waals surface area contributed by atoms with Gasteiger partial charge < -0.3 is 14.8 Å². The average Bonchev–Trinajstić information content (AvgIpc) is 3.18. The summed E-state index contributed by atoms with van der Waals surface area (Å²) >= 11 is 1.46. The van der Waals surface area contributed by atoms with Gasteiger partial charge in [-0.05, 0) is 55.7 Å². The molecule has 0 aliphatic carbocycles. The quantitative estimate of drug-likeness (QED) is 0.549. The van der Waals surface area contributed by atoms with Crippen molar-refractivity contribution in [1.29, 1.82) is 0 Å². The average molecular weight is 411 g/mol. The van der Waals surface area contributed by atoms with Gasteiger partial charge in [-0.25, -0.2) is 9.18 Å². The van der Waals surface area contributed by atoms with E-state index in [0.29, 0.717) is 11.5 Å². The molecule has 1 N–H and O–H groups in total. The predicted octanol–water partition coefficient (Wildman–Crippen LogP) is 5.85. The van der Waals surface area contributed by atoms with Crippen molar-refractivity contribution in [2.75, 3.05) is 18.5 Å². The number of ether oxygens (including phenoxy) is 2. The number of halogens is 1. The summed E-state index contributed by atoms with van der Waals surface area (Å²) in [6.07, 6.45) is 1.98. The third-order valence-electron chi connectivity index (χ3n) is 5.84. The fourth-order valence-corrected chi connectivity index (χ4v) is 5.56. The van der Waals surface area contributed by atoms with E-state index in [1.54, 1.807) is 0 Å². The lowest BCUT2D eigenvalue weighted by atomic mass is 9.77. The Hall–Kier alpha value is -2.44. The zero-order chi connectivity index (χ0) is 20.0. The molecule has 3 heterocycles. The number of anilines is 1. The lowest BCUT2D eigenvalue weighted by Crippen LogP contribution is -2.36. The molecule has 0 amide bonds. The Bertz CT molecular complexity index is 1060. The van der Waals surface area contributed by atoms with Crippen LogP contribution in [0.3, 0.4) is 0 Å². The van der Waals surface area contributed by atoms with E-state index in [4.69, 9.17) is 9.47 Å². The maximum Gasteiger partial charge on any atom is 0.348 e. The molecule has 1 aromatic heterocycles. The van der Waals surface area contributed by atoms with E-state index < -0.39 is 0 Å². The van der Waals surface area contributed by atoms with Gasteiger partial charge in [0.1, 0.15) is 10.7 Å². The van der Waals surface area contributed by atoms with Gasteiger partial charge in [-0.3, -0.25) is 0 Å². The topological polar surface area (TPSA) is 47.6 Å². The number of esters is 1. The molecule has 3 aromatic rings. The number of thiophene rings is 1. The molecule has 0 bridgehead atoms. The van der Waals surface area contributed by atoms with Gasteiger partial charge in [0.2, 0.25) is 0 Å². The van der Waals surface area contributed by atoms with Crippen LogP contribution in [0.2, 0.25) is 0 Å². The lowest BCUT2D eigenvalue weighted by Gasteiger charge is -2.43. The van der Waals surface area contributed by atoms with Crippen molar-refractivity contribution >= 4 is 33.1 Å². The second-order valence-electron chi connectivity index (χ2n) is 7.54. The Morgan fingerprint density at radius 2 is 2.10 bits per heavy atom. The molecule has 6 heteroatoms. The number of nitrogens with one attached hydrogen (secondary N) is 1. The summed E-state index contributed by atoms with van der Waals surface area (Å²) < 4.78 is 26.0. The molecular weight excluding hydrogens is 389 g/mol. The third-order valence-corrected chi connectivity index (χ3v) is 6.92. The number of rotatable bonds is 3. The Labute approximate surface area is 172 Å². The van der Waals surface area contributed by atoms with Gasteiger partial charge in [-0.2, -0.15) is 0 Å². The summed E-state index contributed by atoms with van der Waals surface area (Å²) in [5, 5.41) is 4.73. The molecule has 3 unspecified atom stereocenters. The maximum atomic E-state index is 13.4. The molecule has 3 atom stereocenters. The van der Waals surface area contributed by atoms with Crippen LogP contribution in [0.25, 0.3) is 10.1 Å². The molecular formula is C23H22FNO3S. The fraction of sp³-hybridized carbons (Fsp3) is 0.348. The van der Waals surface area contributed by atoms with Crippen molar-refractivity contribution in [2.24, 2.45) is 5.92 Å². The highest BCUT2D eigenvalue weighted by molar-refractivity contribution is 7.20. The van der Waals surface area contributed by atoms with Crippen LogP contribution in [-0.2, 0) is 9.47 Å². The summed E-state index contributed by atoms with van der Waals surface area (Å²) in [6.45, 7) is 2.90. The Kier molecular flexibility index (Phi) is 4.76. The molecule has 0 saturated carbocycles. The maximum absolute atomic E-state index is 13.4. The molecule has 2 aliphatic heterocycles. The Morgan fingerprint density at radius 3 is 2.90 bits per heavy atom. The van der Waals surface area contributed by atoms with Gasteiger partial charge in [-0.15, -0.1) is 11.3 Å². The number of benzene rings is 2. The summed E-state index contributed by atoms with van der Waals surface area (Å²) in [4.78, 5) is 12.9. The Morgan fingerprint density at radius 1 is 1.28 bits per heavy atom. The second kappa shape index (κ2) is 7.43. The smallest absolute Gasteiger partial charge is 0.348 e. The molecule has 5 rings (SSSR count). The summed E-state index contributed by atoms with van der Waals surface area (Å²) in [7, 11) is 0. The molecule has 1 saturated heterocycles. The van der Waals surface area contributed by atoms with Crippen LogP contribution in [0.4, 0.5) is 10.1 Å². The molecule has 150 valence electrons. The van der Waals surface area contributed by atoms with Crippen molar-refractivity contribution in [2.45, 2.75) is 31.9 Å². The molecule has 0 spiro atoms. The first kappa shape index (κ1) is 18.6. The highest BCUT2D eigenvalue weighted by Crippen LogP contribution is 2.52. The van der Waals surface area contributed by atoms with E-state index in [1.807, 2.05) is 31.2 Å². The van der Waals surface area contributed by atoms with Crippen LogP contribution >= 0.6 is 11.3 Å². The first-order valence-electron chi connectivity index (χ1n) is 10.0. The first-order chi connectivity index (χ1) is 14.2. The predicted molar refractivity (Wildman–Crippen MR) is 112 cm³/mol. The number of hydrogen-bond acceptors (Lipinski definition) is 5. The molecule has 29 heavy (non-hydrogen) atoms. The largest absolute Gasteiger partial charge is 0.462 e. The van der Waals surface area contributed by atoms with Crippen molar-refractivity contribution in [1.82, 2.24) is 0 Å². The minimum atomic E-state index is -0.281. The van der Waals surface area contributed by atoms with Crippen molar-refractivity contribution in [3.63, 3.8) is 0 Å². The van der Waals surface area contributed by atoms with Crippen molar-refractivity contribution < 1.29 is 18.7 Å². The summed E-state index contributed by atoms with van der Waals surface area (Å²) in [5.74, 6) is -0.261. The number of fused-ring (bicyclic) bond motifs is 5. The molecule has 2 aromatic carbocycles. The third kappa shape index (κ3) is 3.20. The van der Waals surface area contributed by atoms with Crippen molar-refractivity contribution in [3.05, 3.63) is 64.3 Å². The zero-order valence-electron chi connectivity index (χ0n) is 16.1. The van der Waals surface area contributed by atoms with Crippen molar-refractivity contribution in [3.8, 4) is 0 Å². The standard InChI is InChI=1S/C23H22FNO3S/c1-2-27-23(26)19-12-16-18(29-19)10-9-17-20(16)22-15(4-3-11-28-22)21(25-17)13-5-7-14(24)8-6-13/h5-10,12,15,21-22,25H,2-4,11H2,1H3. The monoisotopic (exact) mass is 411 g/mol. The lowest BCUT2D eigenvalue weighted by molar-refractivity contribution is -0.0372. The van der Waals surface area contributed by atoms with Gasteiger partial charge in [0.15, 0.2) is 0 Å². The number of carbonyl (C=O) groups is 1. The summed E-state index contributed by atoms with van der Waals surface area (Å²) in [6, 6.07) is 12.8. The molecule has 2 aliphatic rings. The van der Waals surface area contributed by atoms with Crippen LogP contribution in [0, 0.1) is 11.7 Å². The van der Waals surface area contributed by atoms with E-state index in [-0.39, 0.29) is 29.9 Å². The van der Waals surface area contributed by atoms with Gasteiger partial charge in [0.25, 0.3) is 0 Å². The first-order valence-corrected chi connectivity index (χ1v) is 10.8. The van der Waals surface area contributed by atoms with Gasteiger partial charge in [0.05, 0.1) is 18.8 Å².